The highest BCUT2D eigenvalue weighted by Gasteiger charge is 2.68. The Kier molecular flexibility index (Phi) is 4.88. The summed E-state index contributed by atoms with van der Waals surface area (Å²) in [6.07, 6.45) is 0.191. The smallest absolute Gasteiger partial charge is 0.411 e. The Balaban J connectivity index is 1.73. The van der Waals surface area contributed by atoms with Crippen molar-refractivity contribution in [2.45, 2.75) is 64.3 Å². The molecule has 0 spiro atoms. The van der Waals surface area contributed by atoms with Crippen LogP contribution < -0.4 is 0 Å². The van der Waals surface area contributed by atoms with E-state index in [0.717, 1.165) is 5.56 Å². The molecule has 3 atom stereocenters. The van der Waals surface area contributed by atoms with Crippen LogP contribution in [0.15, 0.2) is 30.3 Å². The fourth-order valence-corrected chi connectivity index (χ4v) is 3.79. The fourth-order valence-electron chi connectivity index (χ4n) is 3.79. The van der Waals surface area contributed by atoms with E-state index in [1.165, 1.54) is 4.90 Å². The van der Waals surface area contributed by atoms with E-state index in [4.69, 9.17) is 9.47 Å². The summed E-state index contributed by atoms with van der Waals surface area (Å²) in [6.45, 7) is 5.36. The van der Waals surface area contributed by atoms with Gasteiger partial charge in [0.05, 0.1) is 6.42 Å². The predicted octanol–water partition coefficient (Wildman–Crippen LogP) is 2.97. The highest BCUT2D eigenvalue weighted by atomic mass is 16.6. The number of esters is 1. The third kappa shape index (κ3) is 4.23. The zero-order valence-electron chi connectivity index (χ0n) is 15.8. The fraction of sp³-hybridized carbons (Fsp3) is 0.550. The number of carbonyl (C=O) groups excluding carboxylic acids is 2. The number of likely N-dealkylation sites (tertiary alicyclic amines) is 1. The molecular weight excluding hydrogens is 350 g/mol. The number of benzene rings is 1. The number of carboxylic acids is 1. The molecule has 0 bridgehead atoms. The Morgan fingerprint density at radius 3 is 2.44 bits per heavy atom. The molecule has 1 unspecified atom stereocenters. The number of aliphatic carboxylic acids is 1. The number of hydrogen-bond acceptors (Lipinski definition) is 5. The minimum atomic E-state index is -0.931. The molecule has 1 saturated heterocycles. The quantitative estimate of drug-likeness (QED) is 0.796. The van der Waals surface area contributed by atoms with Crippen molar-refractivity contribution in [2.75, 3.05) is 0 Å². The van der Waals surface area contributed by atoms with Gasteiger partial charge < -0.3 is 14.6 Å². The Morgan fingerprint density at radius 1 is 1.19 bits per heavy atom. The lowest BCUT2D eigenvalue weighted by Crippen LogP contribution is -2.46. The number of ether oxygens (including phenoxy) is 2. The number of carbonyl (C=O) groups is 3. The molecule has 2 fully saturated rings. The second-order valence-corrected chi connectivity index (χ2v) is 8.35. The molecular formula is C20H25NO6. The van der Waals surface area contributed by atoms with Crippen molar-refractivity contribution in [3.63, 3.8) is 0 Å². The molecule has 1 aliphatic carbocycles. The number of nitrogens with zero attached hydrogens (tertiary/aromatic N) is 1. The van der Waals surface area contributed by atoms with Crippen LogP contribution in [0.2, 0.25) is 0 Å². The first kappa shape index (κ1) is 19.2. The molecule has 7 nitrogen and oxygen atoms in total. The summed E-state index contributed by atoms with van der Waals surface area (Å²) in [4.78, 5) is 38.0. The van der Waals surface area contributed by atoms with Crippen LogP contribution in [-0.2, 0) is 25.7 Å². The zero-order chi connectivity index (χ0) is 19.8. The summed E-state index contributed by atoms with van der Waals surface area (Å²) < 4.78 is 10.8. The molecule has 1 aromatic carbocycles. The van der Waals surface area contributed by atoms with Gasteiger partial charge in [0.15, 0.2) is 0 Å². The van der Waals surface area contributed by atoms with E-state index in [1.54, 1.807) is 20.8 Å². The van der Waals surface area contributed by atoms with E-state index in [1.807, 2.05) is 30.3 Å². The lowest BCUT2D eigenvalue weighted by molar-refractivity contribution is -0.151. The molecule has 27 heavy (non-hydrogen) atoms. The topological polar surface area (TPSA) is 93.1 Å². The molecule has 1 aliphatic heterocycles. The van der Waals surface area contributed by atoms with Crippen molar-refractivity contribution in [3.8, 4) is 0 Å². The Hall–Kier alpha value is -2.57. The van der Waals surface area contributed by atoms with Gasteiger partial charge in [-0.1, -0.05) is 30.3 Å². The largest absolute Gasteiger partial charge is 0.481 e. The number of amides is 1. The maximum Gasteiger partial charge on any atom is 0.411 e. The van der Waals surface area contributed by atoms with Gasteiger partial charge in [0, 0.05) is 11.5 Å². The highest BCUT2D eigenvalue weighted by molar-refractivity contribution is 5.84. The van der Waals surface area contributed by atoms with Crippen molar-refractivity contribution in [1.82, 2.24) is 4.90 Å². The number of hydrogen-bond donors (Lipinski definition) is 1. The van der Waals surface area contributed by atoms with Gasteiger partial charge in [0.1, 0.15) is 18.2 Å². The van der Waals surface area contributed by atoms with Gasteiger partial charge in [-0.05, 0) is 39.2 Å². The average Bonchev–Trinajstić information content (AvgIpc) is 3.14. The van der Waals surface area contributed by atoms with Crippen LogP contribution in [0.25, 0.3) is 0 Å². The average molecular weight is 375 g/mol. The molecule has 146 valence electrons. The van der Waals surface area contributed by atoms with Crippen molar-refractivity contribution in [1.29, 1.82) is 0 Å². The van der Waals surface area contributed by atoms with Crippen LogP contribution in [0.3, 0.4) is 0 Å². The highest BCUT2D eigenvalue weighted by Crippen LogP contribution is 2.62. The van der Waals surface area contributed by atoms with Gasteiger partial charge in [-0.25, -0.2) is 9.59 Å². The standard InChI is InChI=1S/C20H25NO6/c1-19(2,3)27-18(25)21-14(9-20(10-15(20)21)11-16(22)23)17(24)26-12-13-7-5-4-6-8-13/h4-8,14-15H,9-12H2,1-3H3,(H,22,23)/t14-,15?,20-/m0/s1. The first-order valence-electron chi connectivity index (χ1n) is 9.05. The van der Waals surface area contributed by atoms with Crippen molar-refractivity contribution in [3.05, 3.63) is 35.9 Å². The van der Waals surface area contributed by atoms with Crippen LogP contribution in [0.4, 0.5) is 4.79 Å². The Labute approximate surface area is 158 Å². The van der Waals surface area contributed by atoms with Gasteiger partial charge in [0.25, 0.3) is 0 Å². The van der Waals surface area contributed by atoms with Crippen LogP contribution in [0.1, 0.15) is 45.6 Å². The normalized spacial score (nSPS) is 26.3. The number of carboxylic acid groups (broad SMARTS) is 1. The van der Waals surface area contributed by atoms with E-state index < -0.39 is 35.1 Å². The molecule has 0 radical (unpaired) electrons. The summed E-state index contributed by atoms with van der Waals surface area (Å²) >= 11 is 0. The molecule has 1 aromatic rings. The second kappa shape index (κ2) is 6.87. The Bertz CT molecular complexity index is 741. The third-order valence-corrected chi connectivity index (χ3v) is 5.02. The summed E-state index contributed by atoms with van der Waals surface area (Å²) in [6, 6.07) is 8.15. The molecule has 3 rings (SSSR count). The van der Waals surface area contributed by atoms with E-state index in [2.05, 4.69) is 0 Å². The predicted molar refractivity (Wildman–Crippen MR) is 95.8 cm³/mol. The molecule has 7 heteroatoms. The molecule has 0 aromatic heterocycles. The second-order valence-electron chi connectivity index (χ2n) is 8.35. The van der Waals surface area contributed by atoms with Crippen molar-refractivity contribution >= 4 is 18.0 Å². The molecule has 1 heterocycles. The lowest BCUT2D eigenvalue weighted by Gasteiger charge is -2.29. The maximum absolute atomic E-state index is 12.7. The van der Waals surface area contributed by atoms with Crippen molar-refractivity contribution in [2.24, 2.45) is 5.41 Å². The summed E-state index contributed by atoms with van der Waals surface area (Å²) in [5, 5.41) is 9.20. The minimum Gasteiger partial charge on any atom is -0.481 e. The van der Waals surface area contributed by atoms with E-state index in [-0.39, 0.29) is 25.5 Å². The maximum atomic E-state index is 12.7. The molecule has 2 aliphatic rings. The number of rotatable bonds is 5. The van der Waals surface area contributed by atoms with E-state index >= 15 is 0 Å². The van der Waals surface area contributed by atoms with Gasteiger partial charge in [-0.3, -0.25) is 9.69 Å². The minimum absolute atomic E-state index is 0.0700. The summed E-state index contributed by atoms with van der Waals surface area (Å²) in [5.41, 5.74) is -0.417. The first-order chi connectivity index (χ1) is 12.6. The van der Waals surface area contributed by atoms with Gasteiger partial charge >= 0.3 is 18.0 Å². The van der Waals surface area contributed by atoms with E-state index in [9.17, 15) is 19.5 Å². The summed E-state index contributed by atoms with van der Waals surface area (Å²) in [7, 11) is 0. The number of piperidine rings is 1. The third-order valence-electron chi connectivity index (χ3n) is 5.02. The van der Waals surface area contributed by atoms with Crippen LogP contribution >= 0.6 is 0 Å². The van der Waals surface area contributed by atoms with Crippen LogP contribution in [0, 0.1) is 5.41 Å². The molecule has 1 amide bonds. The Morgan fingerprint density at radius 2 is 1.85 bits per heavy atom. The monoisotopic (exact) mass is 375 g/mol. The first-order valence-corrected chi connectivity index (χ1v) is 9.05. The van der Waals surface area contributed by atoms with Gasteiger partial charge in [-0.2, -0.15) is 0 Å². The number of fused-ring (bicyclic) bond motifs is 1. The molecule has 1 saturated carbocycles. The van der Waals surface area contributed by atoms with Crippen LogP contribution in [-0.4, -0.2) is 45.7 Å². The zero-order valence-corrected chi connectivity index (χ0v) is 15.8. The van der Waals surface area contributed by atoms with Gasteiger partial charge in [-0.15, -0.1) is 0 Å². The SMILES string of the molecule is CC(C)(C)OC(=O)N1C2C[C@]2(CC(=O)O)C[C@H]1C(=O)OCc1ccccc1. The van der Waals surface area contributed by atoms with E-state index in [0.29, 0.717) is 6.42 Å². The van der Waals surface area contributed by atoms with Crippen LogP contribution in [0.5, 0.6) is 0 Å². The lowest BCUT2D eigenvalue weighted by atomic mass is 9.96. The van der Waals surface area contributed by atoms with Gasteiger partial charge in [0.2, 0.25) is 0 Å². The van der Waals surface area contributed by atoms with Crippen molar-refractivity contribution < 1.29 is 29.0 Å². The summed E-state index contributed by atoms with van der Waals surface area (Å²) in [5.74, 6) is -1.46. The molecule has 1 N–H and O–H groups in total.